The molecule has 0 amide bonds. The summed E-state index contributed by atoms with van der Waals surface area (Å²) in [7, 11) is 1.79. The number of hydrogen-bond acceptors (Lipinski definition) is 2. The molecule has 1 aliphatic rings. The summed E-state index contributed by atoms with van der Waals surface area (Å²) in [6.45, 7) is 1.97. The van der Waals surface area contributed by atoms with Crippen molar-refractivity contribution in [1.82, 2.24) is 5.32 Å². The standard InChI is InChI=1S/C9H12N2/c1-8(10-2)7-9-5-3-4-6-11-9/h3-7,11H,1-2H3/b9-7-,10-8-. The van der Waals surface area contributed by atoms with Crippen LogP contribution < -0.4 is 5.32 Å². The maximum atomic E-state index is 4.02. The predicted octanol–water partition coefficient (Wildman–Crippen LogP) is 1.63. The van der Waals surface area contributed by atoms with Gasteiger partial charge in [-0.1, -0.05) is 6.08 Å². The van der Waals surface area contributed by atoms with Gasteiger partial charge in [-0.3, -0.25) is 4.99 Å². The van der Waals surface area contributed by atoms with Crippen molar-refractivity contribution < 1.29 is 0 Å². The van der Waals surface area contributed by atoms with Gasteiger partial charge < -0.3 is 5.32 Å². The van der Waals surface area contributed by atoms with Crippen LogP contribution in [0, 0.1) is 0 Å². The summed E-state index contributed by atoms with van der Waals surface area (Å²) in [4.78, 5) is 4.02. The summed E-state index contributed by atoms with van der Waals surface area (Å²) in [6.07, 6.45) is 9.85. The van der Waals surface area contributed by atoms with Gasteiger partial charge in [-0.05, 0) is 25.2 Å². The molecule has 0 spiro atoms. The Morgan fingerprint density at radius 3 is 2.91 bits per heavy atom. The first kappa shape index (κ1) is 7.79. The maximum Gasteiger partial charge on any atom is 0.0397 e. The van der Waals surface area contributed by atoms with Gasteiger partial charge in [-0.2, -0.15) is 0 Å². The number of dihydropyridines is 1. The fourth-order valence-corrected chi connectivity index (χ4v) is 0.787. The Morgan fingerprint density at radius 1 is 1.55 bits per heavy atom. The zero-order valence-corrected chi connectivity index (χ0v) is 6.83. The van der Waals surface area contributed by atoms with Crippen LogP contribution in [0.15, 0.2) is 41.2 Å². The minimum Gasteiger partial charge on any atom is -0.362 e. The molecule has 1 aliphatic heterocycles. The predicted molar refractivity (Wildman–Crippen MR) is 48.5 cm³/mol. The van der Waals surface area contributed by atoms with E-state index in [1.807, 2.05) is 37.4 Å². The second-order valence-corrected chi connectivity index (χ2v) is 2.33. The molecular formula is C9H12N2. The summed E-state index contributed by atoms with van der Waals surface area (Å²) in [5.41, 5.74) is 2.10. The molecule has 11 heavy (non-hydrogen) atoms. The fraction of sp³-hybridized carbons (Fsp3) is 0.222. The number of nitrogens with zero attached hydrogens (tertiary/aromatic N) is 1. The molecule has 1 N–H and O–H groups in total. The number of rotatable bonds is 1. The Morgan fingerprint density at radius 2 is 2.36 bits per heavy atom. The van der Waals surface area contributed by atoms with Crippen LogP contribution in [0.1, 0.15) is 6.92 Å². The zero-order valence-electron chi connectivity index (χ0n) is 6.83. The van der Waals surface area contributed by atoms with Crippen LogP contribution in [-0.4, -0.2) is 12.8 Å². The smallest absolute Gasteiger partial charge is 0.0397 e. The zero-order chi connectivity index (χ0) is 8.10. The first-order valence-corrected chi connectivity index (χ1v) is 3.58. The molecule has 0 aromatic rings. The summed E-state index contributed by atoms with van der Waals surface area (Å²) < 4.78 is 0. The molecule has 0 saturated carbocycles. The van der Waals surface area contributed by atoms with Crippen LogP contribution in [0.2, 0.25) is 0 Å². The van der Waals surface area contributed by atoms with Crippen molar-refractivity contribution in [3.8, 4) is 0 Å². The Kier molecular flexibility index (Phi) is 2.66. The highest BCUT2D eigenvalue weighted by Crippen LogP contribution is 1.98. The molecular weight excluding hydrogens is 136 g/mol. The van der Waals surface area contributed by atoms with Crippen LogP contribution in [0.3, 0.4) is 0 Å². The molecule has 0 bridgehead atoms. The second-order valence-electron chi connectivity index (χ2n) is 2.33. The van der Waals surface area contributed by atoms with Crippen molar-refractivity contribution in [3.05, 3.63) is 36.2 Å². The Labute approximate surface area is 67.0 Å². The van der Waals surface area contributed by atoms with Gasteiger partial charge in [0.05, 0.1) is 0 Å². The first-order valence-electron chi connectivity index (χ1n) is 3.58. The molecule has 0 aliphatic carbocycles. The van der Waals surface area contributed by atoms with E-state index in [0.717, 1.165) is 11.4 Å². The third kappa shape index (κ3) is 2.42. The van der Waals surface area contributed by atoms with E-state index < -0.39 is 0 Å². The molecule has 1 rings (SSSR count). The highest BCUT2D eigenvalue weighted by Gasteiger charge is 1.91. The first-order chi connectivity index (χ1) is 5.33. The number of aliphatic imine (C=N–C) groups is 1. The normalized spacial score (nSPS) is 20.5. The van der Waals surface area contributed by atoms with E-state index in [2.05, 4.69) is 10.3 Å². The fourth-order valence-electron chi connectivity index (χ4n) is 0.787. The molecule has 0 aromatic carbocycles. The topological polar surface area (TPSA) is 24.4 Å². The van der Waals surface area contributed by atoms with Gasteiger partial charge in [-0.25, -0.2) is 0 Å². The minimum atomic E-state index is 1.02. The third-order valence-corrected chi connectivity index (χ3v) is 1.45. The molecule has 0 aromatic heterocycles. The lowest BCUT2D eigenvalue weighted by molar-refractivity contribution is 1.10. The average Bonchev–Trinajstić information content (AvgIpc) is 2.06. The molecule has 1 heterocycles. The average molecular weight is 148 g/mol. The Hall–Kier alpha value is -1.31. The quantitative estimate of drug-likeness (QED) is 0.561. The van der Waals surface area contributed by atoms with E-state index in [1.54, 1.807) is 7.05 Å². The molecule has 0 saturated heterocycles. The van der Waals surface area contributed by atoms with E-state index >= 15 is 0 Å². The highest BCUT2D eigenvalue weighted by molar-refractivity contribution is 5.93. The monoisotopic (exact) mass is 148 g/mol. The molecule has 2 nitrogen and oxygen atoms in total. The van der Waals surface area contributed by atoms with Crippen molar-refractivity contribution in [2.45, 2.75) is 6.92 Å². The van der Waals surface area contributed by atoms with Crippen LogP contribution >= 0.6 is 0 Å². The highest BCUT2D eigenvalue weighted by atomic mass is 14.8. The SMILES string of the molecule is C/N=C(C)\C=C1\C=CC=CN1. The summed E-state index contributed by atoms with van der Waals surface area (Å²) in [6, 6.07) is 0. The van der Waals surface area contributed by atoms with E-state index in [9.17, 15) is 0 Å². The van der Waals surface area contributed by atoms with Gasteiger partial charge in [0.2, 0.25) is 0 Å². The van der Waals surface area contributed by atoms with Crippen molar-refractivity contribution in [3.63, 3.8) is 0 Å². The largest absolute Gasteiger partial charge is 0.362 e. The third-order valence-electron chi connectivity index (χ3n) is 1.45. The van der Waals surface area contributed by atoms with Crippen molar-refractivity contribution in [2.24, 2.45) is 4.99 Å². The van der Waals surface area contributed by atoms with Gasteiger partial charge in [0.1, 0.15) is 0 Å². The Balaban J connectivity index is 2.68. The molecule has 0 radical (unpaired) electrons. The lowest BCUT2D eigenvalue weighted by Crippen LogP contribution is -2.06. The molecule has 0 atom stereocenters. The Bertz CT molecular complexity index is 244. The van der Waals surface area contributed by atoms with Gasteiger partial charge in [-0.15, -0.1) is 0 Å². The van der Waals surface area contributed by atoms with Gasteiger partial charge in [0.15, 0.2) is 0 Å². The van der Waals surface area contributed by atoms with Crippen LogP contribution in [0.5, 0.6) is 0 Å². The lowest BCUT2D eigenvalue weighted by Gasteiger charge is -2.04. The van der Waals surface area contributed by atoms with Gasteiger partial charge >= 0.3 is 0 Å². The van der Waals surface area contributed by atoms with Crippen LogP contribution in [0.4, 0.5) is 0 Å². The summed E-state index contributed by atoms with van der Waals surface area (Å²) in [5.74, 6) is 0. The molecule has 58 valence electrons. The summed E-state index contributed by atoms with van der Waals surface area (Å²) in [5, 5.41) is 3.10. The number of allylic oxidation sites excluding steroid dienone is 4. The van der Waals surface area contributed by atoms with Gasteiger partial charge in [0.25, 0.3) is 0 Å². The van der Waals surface area contributed by atoms with Crippen molar-refractivity contribution in [2.75, 3.05) is 7.05 Å². The molecule has 2 heteroatoms. The maximum absolute atomic E-state index is 4.02. The van der Waals surface area contributed by atoms with Crippen LogP contribution in [0.25, 0.3) is 0 Å². The van der Waals surface area contributed by atoms with E-state index in [-0.39, 0.29) is 0 Å². The lowest BCUT2D eigenvalue weighted by atomic mass is 10.2. The van der Waals surface area contributed by atoms with Crippen molar-refractivity contribution >= 4 is 5.71 Å². The van der Waals surface area contributed by atoms with E-state index in [4.69, 9.17) is 0 Å². The van der Waals surface area contributed by atoms with Gasteiger partial charge in [0, 0.05) is 24.7 Å². The van der Waals surface area contributed by atoms with Crippen molar-refractivity contribution in [1.29, 1.82) is 0 Å². The molecule has 0 fully saturated rings. The van der Waals surface area contributed by atoms with E-state index in [1.165, 1.54) is 0 Å². The molecule has 0 unspecified atom stereocenters. The summed E-state index contributed by atoms with van der Waals surface area (Å²) >= 11 is 0. The van der Waals surface area contributed by atoms with Crippen LogP contribution in [-0.2, 0) is 0 Å². The number of hydrogen-bond donors (Lipinski definition) is 1. The second kappa shape index (κ2) is 3.76. The van der Waals surface area contributed by atoms with E-state index in [0.29, 0.717) is 0 Å². The minimum absolute atomic E-state index is 1.02. The number of nitrogens with one attached hydrogen (secondary N) is 1.